The highest BCUT2D eigenvalue weighted by molar-refractivity contribution is 5.94. The fourth-order valence-electron chi connectivity index (χ4n) is 1.32. The Morgan fingerprint density at radius 2 is 2.25 bits per heavy atom. The molecule has 0 aromatic heterocycles. The molecule has 4 nitrogen and oxygen atoms in total. The van der Waals surface area contributed by atoms with Gasteiger partial charge in [0.2, 0.25) is 0 Å². The van der Waals surface area contributed by atoms with Crippen LogP contribution in [0.4, 0.5) is 0 Å². The number of aromatic hydroxyl groups is 1. The summed E-state index contributed by atoms with van der Waals surface area (Å²) >= 11 is 0. The number of phenols is 1. The van der Waals surface area contributed by atoms with Gasteiger partial charge in [0, 0.05) is 25.8 Å². The fourth-order valence-corrected chi connectivity index (χ4v) is 1.32. The monoisotopic (exact) mass is 223 g/mol. The van der Waals surface area contributed by atoms with Crippen LogP contribution in [0.15, 0.2) is 18.2 Å². The summed E-state index contributed by atoms with van der Waals surface area (Å²) < 4.78 is 4.88. The molecular weight excluding hydrogens is 206 g/mol. The van der Waals surface area contributed by atoms with Crippen LogP contribution in [0.5, 0.6) is 5.75 Å². The summed E-state index contributed by atoms with van der Waals surface area (Å²) in [6, 6.07) is 4.80. The molecule has 0 aliphatic carbocycles. The molecule has 1 amide bonds. The van der Waals surface area contributed by atoms with Gasteiger partial charge in [-0.2, -0.15) is 0 Å². The number of rotatable bonds is 5. The van der Waals surface area contributed by atoms with Crippen molar-refractivity contribution < 1.29 is 14.6 Å². The van der Waals surface area contributed by atoms with Crippen molar-refractivity contribution >= 4 is 5.91 Å². The minimum Gasteiger partial charge on any atom is -0.508 e. The first-order chi connectivity index (χ1) is 7.65. The van der Waals surface area contributed by atoms with Crippen LogP contribution in [0.1, 0.15) is 22.3 Å². The first-order valence-electron chi connectivity index (χ1n) is 5.22. The normalized spacial score (nSPS) is 10.1. The van der Waals surface area contributed by atoms with E-state index in [1.54, 1.807) is 26.2 Å². The SMILES string of the molecule is COCCCNC(=O)c1ccc(O)c(C)c1. The van der Waals surface area contributed by atoms with Gasteiger partial charge >= 0.3 is 0 Å². The third-order valence-corrected chi connectivity index (χ3v) is 2.27. The van der Waals surface area contributed by atoms with E-state index < -0.39 is 0 Å². The fraction of sp³-hybridized carbons (Fsp3) is 0.417. The summed E-state index contributed by atoms with van der Waals surface area (Å²) in [6.07, 6.45) is 0.791. The number of carbonyl (C=O) groups excluding carboxylic acids is 1. The Kier molecular flexibility index (Phi) is 4.79. The minimum absolute atomic E-state index is 0.126. The molecule has 0 saturated heterocycles. The van der Waals surface area contributed by atoms with E-state index in [2.05, 4.69) is 5.32 Å². The predicted molar refractivity (Wildman–Crippen MR) is 61.7 cm³/mol. The Hall–Kier alpha value is -1.55. The Morgan fingerprint density at radius 1 is 1.50 bits per heavy atom. The number of methoxy groups -OCH3 is 1. The molecule has 0 aliphatic heterocycles. The lowest BCUT2D eigenvalue weighted by Crippen LogP contribution is -2.25. The van der Waals surface area contributed by atoms with E-state index in [0.29, 0.717) is 24.3 Å². The largest absolute Gasteiger partial charge is 0.508 e. The number of phenolic OH excluding ortho intramolecular Hbond substituents is 1. The number of amides is 1. The van der Waals surface area contributed by atoms with Crippen LogP contribution >= 0.6 is 0 Å². The second kappa shape index (κ2) is 6.12. The smallest absolute Gasteiger partial charge is 0.251 e. The maximum absolute atomic E-state index is 11.6. The average Bonchev–Trinajstić information content (AvgIpc) is 2.28. The Bertz CT molecular complexity index is 363. The van der Waals surface area contributed by atoms with Crippen LogP contribution in [-0.4, -0.2) is 31.3 Å². The van der Waals surface area contributed by atoms with E-state index in [-0.39, 0.29) is 11.7 Å². The molecule has 4 heteroatoms. The number of benzene rings is 1. The summed E-state index contributed by atoms with van der Waals surface area (Å²) in [5.41, 5.74) is 1.26. The van der Waals surface area contributed by atoms with Crippen molar-refractivity contribution in [1.29, 1.82) is 0 Å². The molecule has 1 aromatic rings. The van der Waals surface area contributed by atoms with Crippen LogP contribution in [0, 0.1) is 6.92 Å². The van der Waals surface area contributed by atoms with E-state index in [9.17, 15) is 9.90 Å². The third kappa shape index (κ3) is 3.55. The van der Waals surface area contributed by atoms with E-state index >= 15 is 0 Å². The first-order valence-corrected chi connectivity index (χ1v) is 5.22. The Labute approximate surface area is 95.2 Å². The van der Waals surface area contributed by atoms with Gasteiger partial charge in [-0.1, -0.05) is 0 Å². The molecular formula is C12H17NO3. The van der Waals surface area contributed by atoms with Crippen LogP contribution in [-0.2, 0) is 4.74 Å². The Morgan fingerprint density at radius 3 is 2.88 bits per heavy atom. The maximum Gasteiger partial charge on any atom is 0.251 e. The van der Waals surface area contributed by atoms with Gasteiger partial charge in [-0.3, -0.25) is 4.79 Å². The van der Waals surface area contributed by atoms with Crippen molar-refractivity contribution in [2.45, 2.75) is 13.3 Å². The van der Waals surface area contributed by atoms with E-state index in [0.717, 1.165) is 6.42 Å². The highest BCUT2D eigenvalue weighted by atomic mass is 16.5. The second-order valence-electron chi connectivity index (χ2n) is 3.60. The summed E-state index contributed by atoms with van der Waals surface area (Å²) in [6.45, 7) is 2.98. The molecule has 0 radical (unpaired) electrons. The zero-order chi connectivity index (χ0) is 12.0. The molecule has 2 N–H and O–H groups in total. The van der Waals surface area contributed by atoms with Gasteiger partial charge in [0.1, 0.15) is 5.75 Å². The number of aryl methyl sites for hydroxylation is 1. The molecule has 0 aliphatic rings. The van der Waals surface area contributed by atoms with Gasteiger partial charge in [0.25, 0.3) is 5.91 Å². The van der Waals surface area contributed by atoms with Crippen molar-refractivity contribution in [1.82, 2.24) is 5.32 Å². The molecule has 1 rings (SSSR count). The van der Waals surface area contributed by atoms with E-state index in [1.807, 2.05) is 0 Å². The van der Waals surface area contributed by atoms with Gasteiger partial charge in [-0.05, 0) is 37.1 Å². The molecule has 1 aromatic carbocycles. The van der Waals surface area contributed by atoms with Crippen LogP contribution in [0.3, 0.4) is 0 Å². The molecule has 16 heavy (non-hydrogen) atoms. The Balaban J connectivity index is 2.50. The quantitative estimate of drug-likeness (QED) is 0.743. The van der Waals surface area contributed by atoms with E-state index in [4.69, 9.17) is 4.74 Å². The standard InChI is InChI=1S/C12H17NO3/c1-9-8-10(4-5-11(9)14)12(15)13-6-3-7-16-2/h4-5,8,14H,3,6-7H2,1-2H3,(H,13,15). The van der Waals surface area contributed by atoms with Crippen molar-refractivity contribution in [3.63, 3.8) is 0 Å². The van der Waals surface area contributed by atoms with Crippen molar-refractivity contribution in [3.8, 4) is 5.75 Å². The van der Waals surface area contributed by atoms with Crippen LogP contribution in [0.25, 0.3) is 0 Å². The summed E-state index contributed by atoms with van der Waals surface area (Å²) in [5.74, 6) is 0.0788. The topological polar surface area (TPSA) is 58.6 Å². The molecule has 0 spiro atoms. The third-order valence-electron chi connectivity index (χ3n) is 2.27. The van der Waals surface area contributed by atoms with Gasteiger partial charge < -0.3 is 15.2 Å². The lowest BCUT2D eigenvalue weighted by Gasteiger charge is -2.06. The number of hydrogen-bond acceptors (Lipinski definition) is 3. The van der Waals surface area contributed by atoms with E-state index in [1.165, 1.54) is 6.07 Å². The predicted octanol–water partition coefficient (Wildman–Crippen LogP) is 1.47. The highest BCUT2D eigenvalue weighted by Gasteiger charge is 2.06. The molecule has 0 unspecified atom stereocenters. The second-order valence-corrected chi connectivity index (χ2v) is 3.60. The van der Waals surface area contributed by atoms with Gasteiger partial charge in [-0.15, -0.1) is 0 Å². The number of carbonyl (C=O) groups is 1. The lowest BCUT2D eigenvalue weighted by atomic mass is 10.1. The van der Waals surface area contributed by atoms with Crippen LogP contribution < -0.4 is 5.32 Å². The highest BCUT2D eigenvalue weighted by Crippen LogP contribution is 2.16. The number of ether oxygens (including phenoxy) is 1. The first kappa shape index (κ1) is 12.5. The lowest BCUT2D eigenvalue weighted by molar-refractivity contribution is 0.0948. The summed E-state index contributed by atoms with van der Waals surface area (Å²) in [4.78, 5) is 11.6. The summed E-state index contributed by atoms with van der Waals surface area (Å²) in [7, 11) is 1.63. The number of nitrogens with one attached hydrogen (secondary N) is 1. The molecule has 0 bridgehead atoms. The molecule has 0 fully saturated rings. The zero-order valence-corrected chi connectivity index (χ0v) is 9.62. The van der Waals surface area contributed by atoms with Crippen molar-refractivity contribution in [2.75, 3.05) is 20.3 Å². The minimum atomic E-state index is -0.126. The molecule has 0 heterocycles. The van der Waals surface area contributed by atoms with Gasteiger partial charge in [-0.25, -0.2) is 0 Å². The zero-order valence-electron chi connectivity index (χ0n) is 9.62. The maximum atomic E-state index is 11.6. The van der Waals surface area contributed by atoms with Crippen molar-refractivity contribution in [3.05, 3.63) is 29.3 Å². The van der Waals surface area contributed by atoms with Gasteiger partial charge in [0.05, 0.1) is 0 Å². The molecule has 0 saturated carbocycles. The van der Waals surface area contributed by atoms with Gasteiger partial charge in [0.15, 0.2) is 0 Å². The molecule has 0 atom stereocenters. The number of hydrogen-bond donors (Lipinski definition) is 2. The summed E-state index contributed by atoms with van der Waals surface area (Å²) in [5, 5.41) is 12.1. The molecule has 88 valence electrons. The average molecular weight is 223 g/mol. The van der Waals surface area contributed by atoms with Crippen LogP contribution in [0.2, 0.25) is 0 Å². The van der Waals surface area contributed by atoms with Crippen molar-refractivity contribution in [2.24, 2.45) is 0 Å².